The number of benzene rings is 2. The fourth-order valence-corrected chi connectivity index (χ4v) is 3.16. The third kappa shape index (κ3) is 3.87. The van der Waals surface area contributed by atoms with Gasteiger partial charge in [0.25, 0.3) is 0 Å². The van der Waals surface area contributed by atoms with E-state index in [4.69, 9.17) is 18.6 Å². The van der Waals surface area contributed by atoms with Gasteiger partial charge in [0, 0.05) is 28.5 Å². The Labute approximate surface area is 146 Å². The minimum absolute atomic E-state index is 1.27. The highest BCUT2D eigenvalue weighted by molar-refractivity contribution is 6.10. The highest BCUT2D eigenvalue weighted by atomic mass is 35.7. The summed E-state index contributed by atoms with van der Waals surface area (Å²) in [5, 5.41) is 5.33. The normalized spacial score (nSPS) is 11.6. The van der Waals surface area contributed by atoms with Gasteiger partial charge in [-0.2, -0.15) is 4.40 Å². The van der Waals surface area contributed by atoms with E-state index >= 15 is 0 Å². The van der Waals surface area contributed by atoms with Gasteiger partial charge >= 0.3 is 0 Å². The molecule has 2 aromatic heterocycles. The van der Waals surface area contributed by atoms with Gasteiger partial charge in [0.1, 0.15) is 0 Å². The summed E-state index contributed by atoms with van der Waals surface area (Å²) in [5.41, 5.74) is 3.93. The number of aromatic nitrogens is 1. The van der Waals surface area contributed by atoms with Crippen molar-refractivity contribution in [2.45, 2.75) is 13.8 Å². The van der Waals surface area contributed by atoms with Crippen LogP contribution in [0.25, 0.3) is 27.1 Å². The van der Waals surface area contributed by atoms with Gasteiger partial charge in [0.2, 0.25) is 5.52 Å². The smallest absolute Gasteiger partial charge is 0.214 e. The van der Waals surface area contributed by atoms with Crippen LogP contribution in [-0.4, -0.2) is 0 Å². The molecule has 0 amide bonds. The van der Waals surface area contributed by atoms with E-state index in [1.807, 2.05) is 0 Å². The largest absolute Gasteiger partial charge is 0.222 e. The Morgan fingerprint density at radius 1 is 0.840 bits per heavy atom. The third-order valence-corrected chi connectivity index (χ3v) is 4.13. The van der Waals surface area contributed by atoms with Crippen LogP contribution in [0.5, 0.6) is 0 Å². The maximum atomic E-state index is 8.49. The Morgan fingerprint density at radius 3 is 2.24 bits per heavy atom. The molecule has 0 aliphatic carbocycles. The van der Waals surface area contributed by atoms with Crippen molar-refractivity contribution < 1.29 is 33.3 Å². The Morgan fingerprint density at radius 2 is 1.52 bits per heavy atom. The van der Waals surface area contributed by atoms with Gasteiger partial charge in [-0.1, -0.05) is 29.8 Å². The van der Waals surface area contributed by atoms with Crippen molar-refractivity contribution in [2.24, 2.45) is 0 Å². The second-order valence-electron chi connectivity index (χ2n) is 5.88. The number of aryl methyl sites for hydroxylation is 2. The lowest BCUT2D eigenvalue weighted by Gasteiger charge is -2.17. The second kappa shape index (κ2) is 6.55. The van der Waals surface area contributed by atoms with Crippen molar-refractivity contribution in [3.05, 3.63) is 72.1 Å². The van der Waals surface area contributed by atoms with E-state index in [9.17, 15) is 0 Å². The molecule has 6 heteroatoms. The van der Waals surface area contributed by atoms with Crippen LogP contribution in [0.15, 0.2) is 60.9 Å². The SMILES string of the molecule is Cc1ccc2c(ccc3c[n+]4ccccc4c(C)c32)c1.[O-][Cl+3]([O-])([O-])[O-]. The van der Waals surface area contributed by atoms with E-state index in [2.05, 4.69) is 79.2 Å². The van der Waals surface area contributed by atoms with E-state index in [1.54, 1.807) is 0 Å². The van der Waals surface area contributed by atoms with Crippen LogP contribution in [-0.2, 0) is 0 Å². The standard InChI is InChI=1S/C19H16N.ClHO4/c1-13-6-9-17-15(11-13)7-8-16-12-20-10-4-3-5-18(20)14(2)19(16)17;2-1(3,4)5/h3-12H,1-2H3;(H,2,3,4,5)/q+1;/p-1. The Bertz CT molecular complexity index is 1070. The average molecular weight is 358 g/mol. The third-order valence-electron chi connectivity index (χ3n) is 4.13. The van der Waals surface area contributed by atoms with E-state index in [-0.39, 0.29) is 0 Å². The summed E-state index contributed by atoms with van der Waals surface area (Å²) < 4.78 is 36.2. The van der Waals surface area contributed by atoms with Crippen LogP contribution in [0.1, 0.15) is 11.1 Å². The number of hydrogen-bond acceptors (Lipinski definition) is 4. The average Bonchev–Trinajstić information content (AvgIpc) is 2.53. The van der Waals surface area contributed by atoms with Crippen LogP contribution in [0.4, 0.5) is 0 Å². The molecule has 0 aliphatic heterocycles. The number of fused-ring (bicyclic) bond motifs is 4. The van der Waals surface area contributed by atoms with Crippen molar-refractivity contribution in [2.75, 3.05) is 0 Å². The van der Waals surface area contributed by atoms with Gasteiger partial charge in [-0.05, 0) is 36.8 Å². The zero-order chi connectivity index (χ0) is 18.2. The molecule has 4 aromatic rings. The van der Waals surface area contributed by atoms with E-state index in [0.717, 1.165) is 0 Å². The van der Waals surface area contributed by atoms with E-state index < -0.39 is 10.2 Å². The van der Waals surface area contributed by atoms with Gasteiger partial charge in [-0.3, -0.25) is 0 Å². The summed E-state index contributed by atoms with van der Waals surface area (Å²) in [4.78, 5) is 0. The molecule has 128 valence electrons. The molecule has 0 N–H and O–H groups in total. The van der Waals surface area contributed by atoms with Crippen molar-refractivity contribution in [3.63, 3.8) is 0 Å². The van der Waals surface area contributed by atoms with Crippen molar-refractivity contribution >= 4 is 27.1 Å². The van der Waals surface area contributed by atoms with Crippen LogP contribution in [0, 0.1) is 24.1 Å². The van der Waals surface area contributed by atoms with Crippen molar-refractivity contribution in [1.29, 1.82) is 0 Å². The summed E-state index contributed by atoms with van der Waals surface area (Å²) in [6.45, 7) is 4.36. The van der Waals surface area contributed by atoms with Crippen LogP contribution < -0.4 is 23.0 Å². The molecule has 0 fully saturated rings. The molecule has 25 heavy (non-hydrogen) atoms. The molecule has 0 unspecified atom stereocenters. The monoisotopic (exact) mass is 357 g/mol. The molecule has 0 saturated carbocycles. The summed E-state index contributed by atoms with van der Waals surface area (Å²) in [7, 11) is -4.94. The maximum Gasteiger partial charge on any atom is 0.214 e. The highest BCUT2D eigenvalue weighted by Crippen LogP contribution is 2.29. The number of pyridine rings is 2. The first-order valence-electron chi connectivity index (χ1n) is 7.58. The summed E-state index contributed by atoms with van der Waals surface area (Å²) in [6, 6.07) is 17.5. The lowest BCUT2D eigenvalue weighted by Crippen LogP contribution is -2.68. The molecule has 0 saturated heterocycles. The van der Waals surface area contributed by atoms with Crippen LogP contribution >= 0.6 is 0 Å². The molecule has 4 rings (SSSR count). The number of rotatable bonds is 0. The summed E-state index contributed by atoms with van der Waals surface area (Å²) in [5.74, 6) is 0. The lowest BCUT2D eigenvalue weighted by molar-refractivity contribution is -2.00. The molecule has 0 bridgehead atoms. The zero-order valence-electron chi connectivity index (χ0n) is 13.7. The van der Waals surface area contributed by atoms with Crippen LogP contribution in [0.3, 0.4) is 0 Å². The first-order chi connectivity index (χ1) is 11.7. The molecule has 5 nitrogen and oxygen atoms in total. The zero-order valence-corrected chi connectivity index (χ0v) is 14.5. The minimum Gasteiger partial charge on any atom is -0.222 e. The quantitative estimate of drug-likeness (QED) is 0.243. The predicted octanol–water partition coefficient (Wildman–Crippen LogP) is -0.407. The van der Waals surface area contributed by atoms with Crippen molar-refractivity contribution in [1.82, 2.24) is 0 Å². The number of halogens is 1. The predicted molar refractivity (Wildman–Crippen MR) is 84.1 cm³/mol. The minimum atomic E-state index is -4.94. The van der Waals surface area contributed by atoms with Gasteiger partial charge in [-0.15, -0.1) is 10.2 Å². The second-order valence-corrected chi connectivity index (χ2v) is 6.64. The molecule has 2 heterocycles. The molecular formula is C19H16ClNO4. The molecule has 0 radical (unpaired) electrons. The highest BCUT2D eigenvalue weighted by Gasteiger charge is 2.12. The Kier molecular flexibility index (Phi) is 4.60. The van der Waals surface area contributed by atoms with Crippen molar-refractivity contribution in [3.8, 4) is 0 Å². The first kappa shape index (κ1) is 17.5. The molecular weight excluding hydrogens is 342 g/mol. The first-order valence-corrected chi connectivity index (χ1v) is 8.82. The molecule has 0 atom stereocenters. The fraction of sp³-hybridized carbons (Fsp3) is 0.105. The molecule has 2 aromatic carbocycles. The van der Waals surface area contributed by atoms with E-state index in [0.29, 0.717) is 0 Å². The number of hydrogen-bond donors (Lipinski definition) is 0. The Hall–Kier alpha value is -2.28. The molecule has 0 aliphatic rings. The van der Waals surface area contributed by atoms with Gasteiger partial charge < -0.3 is 0 Å². The van der Waals surface area contributed by atoms with Gasteiger partial charge in [-0.25, -0.2) is 18.6 Å². The van der Waals surface area contributed by atoms with Gasteiger partial charge in [0.15, 0.2) is 12.4 Å². The fourth-order valence-electron chi connectivity index (χ4n) is 3.16. The number of nitrogens with zero attached hydrogens (tertiary/aromatic N) is 1. The summed E-state index contributed by atoms with van der Waals surface area (Å²) >= 11 is 0. The maximum absolute atomic E-state index is 8.49. The molecule has 0 spiro atoms. The van der Waals surface area contributed by atoms with Gasteiger partial charge in [0.05, 0.1) is 0 Å². The van der Waals surface area contributed by atoms with E-state index in [1.165, 1.54) is 38.2 Å². The van der Waals surface area contributed by atoms with Crippen LogP contribution in [0.2, 0.25) is 0 Å². The lowest BCUT2D eigenvalue weighted by atomic mass is 9.98. The Balaban J connectivity index is 0.000000324. The topological polar surface area (TPSA) is 96.3 Å². The summed E-state index contributed by atoms with van der Waals surface area (Å²) in [6.07, 6.45) is 4.33.